The van der Waals surface area contributed by atoms with Crippen LogP contribution < -0.4 is 0 Å². The molecule has 2 unspecified atom stereocenters. The van der Waals surface area contributed by atoms with E-state index in [9.17, 15) is 4.79 Å². The van der Waals surface area contributed by atoms with E-state index in [1.165, 1.54) is 6.08 Å². The van der Waals surface area contributed by atoms with E-state index < -0.39 is 0 Å². The van der Waals surface area contributed by atoms with E-state index in [0.29, 0.717) is 13.1 Å². The third-order valence-corrected chi connectivity index (χ3v) is 1.96. The molecule has 0 aromatic rings. The van der Waals surface area contributed by atoms with Crippen molar-refractivity contribution in [2.75, 3.05) is 13.1 Å². The Hall–Kier alpha value is -1.21. The molecule has 1 heterocycles. The standard InChI is InChI=1S/C9H12N2O2/c1-2-10-5-8-3-4-9(13-8)6-11-7-12/h8-9H,1,3-6H2. The van der Waals surface area contributed by atoms with Crippen LogP contribution in [0.3, 0.4) is 0 Å². The number of carbonyl (C=O) groups excluding carboxylic acids is 1. The third-order valence-electron chi connectivity index (χ3n) is 1.96. The summed E-state index contributed by atoms with van der Waals surface area (Å²) in [7, 11) is 0. The molecule has 1 saturated heterocycles. The van der Waals surface area contributed by atoms with Gasteiger partial charge in [0.2, 0.25) is 6.08 Å². The normalized spacial score (nSPS) is 26.2. The minimum absolute atomic E-state index is 0.0615. The van der Waals surface area contributed by atoms with Gasteiger partial charge in [-0.15, -0.1) is 0 Å². The predicted octanol–water partition coefficient (Wildman–Crippen LogP) is 0.726. The van der Waals surface area contributed by atoms with Gasteiger partial charge in [-0.3, -0.25) is 0 Å². The average Bonchev–Trinajstić information content (AvgIpc) is 2.59. The molecular formula is C9H12N2O2. The summed E-state index contributed by atoms with van der Waals surface area (Å²) in [5.41, 5.74) is 0. The van der Waals surface area contributed by atoms with Crippen LogP contribution >= 0.6 is 0 Å². The van der Waals surface area contributed by atoms with E-state index in [-0.39, 0.29) is 12.2 Å². The molecule has 0 aliphatic carbocycles. The van der Waals surface area contributed by atoms with Crippen LogP contribution in [-0.4, -0.2) is 37.2 Å². The minimum Gasteiger partial charge on any atom is -0.371 e. The lowest BCUT2D eigenvalue weighted by atomic mass is 10.2. The van der Waals surface area contributed by atoms with Gasteiger partial charge in [-0.25, -0.2) is 14.8 Å². The number of aliphatic imine (C=N–C) groups is 2. The lowest BCUT2D eigenvalue weighted by Gasteiger charge is -2.08. The largest absolute Gasteiger partial charge is 0.371 e. The van der Waals surface area contributed by atoms with Gasteiger partial charge in [-0.2, -0.15) is 0 Å². The Balaban J connectivity index is 2.27. The molecule has 0 N–H and O–H groups in total. The van der Waals surface area contributed by atoms with Crippen LogP contribution in [0.4, 0.5) is 0 Å². The van der Waals surface area contributed by atoms with Gasteiger partial charge in [-0.1, -0.05) is 0 Å². The smallest absolute Gasteiger partial charge is 0.235 e. The number of hydrogen-bond donors (Lipinski definition) is 0. The molecular weight excluding hydrogens is 168 g/mol. The molecule has 4 heteroatoms. The highest BCUT2D eigenvalue weighted by Gasteiger charge is 2.24. The van der Waals surface area contributed by atoms with Gasteiger partial charge >= 0.3 is 0 Å². The van der Waals surface area contributed by atoms with Gasteiger partial charge < -0.3 is 4.74 Å². The molecule has 0 amide bonds. The SMILES string of the molecule is C=C=NCC1CCC(CN=C=O)O1. The number of isocyanates is 1. The highest BCUT2D eigenvalue weighted by Crippen LogP contribution is 2.19. The van der Waals surface area contributed by atoms with Crippen molar-refractivity contribution in [1.29, 1.82) is 0 Å². The monoisotopic (exact) mass is 180 g/mol. The maximum atomic E-state index is 9.83. The molecule has 4 nitrogen and oxygen atoms in total. The van der Waals surface area contributed by atoms with E-state index >= 15 is 0 Å². The summed E-state index contributed by atoms with van der Waals surface area (Å²) in [5, 5.41) is 0. The third kappa shape index (κ3) is 3.34. The van der Waals surface area contributed by atoms with Gasteiger partial charge in [0.05, 0.1) is 25.3 Å². The van der Waals surface area contributed by atoms with Crippen LogP contribution in [0.15, 0.2) is 16.6 Å². The van der Waals surface area contributed by atoms with Crippen LogP contribution in [0.1, 0.15) is 12.8 Å². The fraction of sp³-hybridized carbons (Fsp3) is 0.667. The first-order valence-electron chi connectivity index (χ1n) is 4.24. The maximum absolute atomic E-state index is 9.83. The molecule has 70 valence electrons. The average molecular weight is 180 g/mol. The molecule has 1 aliphatic rings. The molecule has 1 aliphatic heterocycles. The summed E-state index contributed by atoms with van der Waals surface area (Å²) >= 11 is 0. The Kier molecular flexibility index (Phi) is 4.13. The fourth-order valence-electron chi connectivity index (χ4n) is 1.35. The van der Waals surface area contributed by atoms with Gasteiger partial charge in [0, 0.05) is 0 Å². The summed E-state index contributed by atoms with van der Waals surface area (Å²) < 4.78 is 5.53. The number of nitrogens with zero attached hydrogens (tertiary/aromatic N) is 2. The fourth-order valence-corrected chi connectivity index (χ4v) is 1.35. The Morgan fingerprint density at radius 2 is 1.92 bits per heavy atom. The van der Waals surface area contributed by atoms with E-state index in [1.54, 1.807) is 0 Å². The lowest BCUT2D eigenvalue weighted by Crippen LogP contribution is -2.15. The zero-order valence-electron chi connectivity index (χ0n) is 7.40. The van der Waals surface area contributed by atoms with Gasteiger partial charge in [-0.05, 0) is 25.3 Å². The highest BCUT2D eigenvalue weighted by molar-refractivity contribution is 5.46. The second-order valence-corrected chi connectivity index (χ2v) is 2.89. The van der Waals surface area contributed by atoms with Crippen LogP contribution in [-0.2, 0) is 9.53 Å². The van der Waals surface area contributed by atoms with Crippen LogP contribution in [0, 0.1) is 0 Å². The summed E-state index contributed by atoms with van der Waals surface area (Å²) in [6.07, 6.45) is 3.60. The highest BCUT2D eigenvalue weighted by atomic mass is 16.5. The molecule has 0 bridgehead atoms. The van der Waals surface area contributed by atoms with Crippen molar-refractivity contribution >= 4 is 11.9 Å². The number of ether oxygens (including phenoxy) is 1. The van der Waals surface area contributed by atoms with Crippen molar-refractivity contribution < 1.29 is 9.53 Å². The van der Waals surface area contributed by atoms with Crippen LogP contribution in [0.25, 0.3) is 0 Å². The Bertz CT molecular complexity index is 226. The summed E-state index contributed by atoms with van der Waals surface area (Å²) in [6, 6.07) is 0. The molecule has 2 atom stereocenters. The molecule has 0 aromatic heterocycles. The first-order valence-corrected chi connectivity index (χ1v) is 4.24. The Labute approximate surface area is 77.0 Å². The van der Waals surface area contributed by atoms with Crippen molar-refractivity contribution in [2.24, 2.45) is 9.98 Å². The van der Waals surface area contributed by atoms with Crippen molar-refractivity contribution in [3.8, 4) is 0 Å². The van der Waals surface area contributed by atoms with Crippen molar-refractivity contribution in [1.82, 2.24) is 0 Å². The van der Waals surface area contributed by atoms with Gasteiger partial charge in [0.15, 0.2) is 0 Å². The molecule has 0 saturated carbocycles. The van der Waals surface area contributed by atoms with Crippen LogP contribution in [0.2, 0.25) is 0 Å². The molecule has 0 aromatic carbocycles. The van der Waals surface area contributed by atoms with E-state index in [0.717, 1.165) is 12.8 Å². The first kappa shape index (κ1) is 9.87. The quantitative estimate of drug-likeness (QED) is 0.473. The van der Waals surface area contributed by atoms with Crippen molar-refractivity contribution in [3.63, 3.8) is 0 Å². The zero-order valence-corrected chi connectivity index (χ0v) is 7.40. The minimum atomic E-state index is 0.0615. The van der Waals surface area contributed by atoms with Gasteiger partial charge in [0.1, 0.15) is 0 Å². The maximum Gasteiger partial charge on any atom is 0.235 e. The van der Waals surface area contributed by atoms with Gasteiger partial charge in [0.25, 0.3) is 0 Å². The molecule has 0 spiro atoms. The summed E-state index contributed by atoms with van der Waals surface area (Å²) in [5.74, 6) is 2.46. The van der Waals surface area contributed by atoms with E-state index in [1.807, 2.05) is 0 Å². The van der Waals surface area contributed by atoms with Crippen molar-refractivity contribution in [2.45, 2.75) is 25.0 Å². The first-order chi connectivity index (χ1) is 6.36. The Morgan fingerprint density at radius 3 is 2.46 bits per heavy atom. The summed E-state index contributed by atoms with van der Waals surface area (Å²) in [6.45, 7) is 4.39. The van der Waals surface area contributed by atoms with E-state index in [2.05, 4.69) is 22.4 Å². The van der Waals surface area contributed by atoms with Crippen molar-refractivity contribution in [3.05, 3.63) is 6.58 Å². The predicted molar refractivity (Wildman–Crippen MR) is 48.8 cm³/mol. The molecule has 0 radical (unpaired) electrons. The topological polar surface area (TPSA) is 51.0 Å². The molecule has 1 fully saturated rings. The second-order valence-electron chi connectivity index (χ2n) is 2.89. The molecule has 13 heavy (non-hydrogen) atoms. The number of hydrogen-bond acceptors (Lipinski definition) is 4. The zero-order chi connectivity index (χ0) is 9.52. The lowest BCUT2D eigenvalue weighted by molar-refractivity contribution is 0.0561. The Morgan fingerprint density at radius 1 is 1.31 bits per heavy atom. The van der Waals surface area contributed by atoms with E-state index in [4.69, 9.17) is 4.74 Å². The summed E-state index contributed by atoms with van der Waals surface area (Å²) in [4.78, 5) is 17.2. The molecule has 1 rings (SSSR count). The van der Waals surface area contributed by atoms with Crippen LogP contribution in [0.5, 0.6) is 0 Å². The second kappa shape index (κ2) is 5.44. The number of rotatable bonds is 4.